The second-order valence-electron chi connectivity index (χ2n) is 9.11. The largest absolute Gasteiger partial charge is 0.480 e. The van der Waals surface area contributed by atoms with Gasteiger partial charge < -0.3 is 10.1 Å². The highest BCUT2D eigenvalue weighted by Gasteiger charge is 2.33. The molecule has 0 fully saturated rings. The molecule has 1 amide bonds. The molecular formula is C32H23N3O3S2. The van der Waals surface area contributed by atoms with Gasteiger partial charge >= 0.3 is 0 Å². The van der Waals surface area contributed by atoms with E-state index in [1.165, 1.54) is 22.7 Å². The number of carbonyl (C=O) groups excluding carboxylic acids is 1. The molecule has 0 aliphatic carbocycles. The first kappa shape index (κ1) is 25.6. The zero-order valence-electron chi connectivity index (χ0n) is 21.5. The van der Waals surface area contributed by atoms with Crippen molar-refractivity contribution in [3.05, 3.63) is 126 Å². The molecule has 0 saturated carbocycles. The van der Waals surface area contributed by atoms with Crippen molar-refractivity contribution >= 4 is 51.1 Å². The number of thiazole rings is 1. The first-order chi connectivity index (χ1) is 19.5. The minimum atomic E-state index is -0.605. The van der Waals surface area contributed by atoms with E-state index in [-0.39, 0.29) is 18.1 Å². The third-order valence-corrected chi connectivity index (χ3v) is 8.54. The predicted molar refractivity (Wildman–Crippen MR) is 161 cm³/mol. The second-order valence-corrected chi connectivity index (χ2v) is 11.1. The quantitative estimate of drug-likeness (QED) is 0.293. The third kappa shape index (κ3) is 4.66. The Morgan fingerprint density at radius 3 is 2.67 bits per heavy atom. The Labute approximate surface area is 238 Å². The predicted octanol–water partition coefficient (Wildman–Crippen LogP) is 5.10. The van der Waals surface area contributed by atoms with Crippen LogP contribution >= 0.6 is 22.7 Å². The number of allylic oxidation sites excluding steroid dienone is 1. The van der Waals surface area contributed by atoms with Gasteiger partial charge in [-0.05, 0) is 53.4 Å². The molecule has 0 saturated heterocycles. The minimum absolute atomic E-state index is 0.109. The lowest BCUT2D eigenvalue weighted by molar-refractivity contribution is -0.113. The van der Waals surface area contributed by atoms with E-state index in [0.29, 0.717) is 32.0 Å². The van der Waals surface area contributed by atoms with Crippen molar-refractivity contribution < 1.29 is 9.53 Å². The molecule has 2 aromatic heterocycles. The summed E-state index contributed by atoms with van der Waals surface area (Å²) < 4.78 is 7.97. The van der Waals surface area contributed by atoms with E-state index in [1.54, 1.807) is 4.57 Å². The molecule has 6 nitrogen and oxygen atoms in total. The first-order valence-corrected chi connectivity index (χ1v) is 14.2. The number of carbonyl (C=O) groups is 1. The molecule has 1 atom stereocenters. The summed E-state index contributed by atoms with van der Waals surface area (Å²) in [4.78, 5) is 33.8. The summed E-state index contributed by atoms with van der Waals surface area (Å²) >= 11 is 2.79. The van der Waals surface area contributed by atoms with Gasteiger partial charge in [-0.3, -0.25) is 14.2 Å². The van der Waals surface area contributed by atoms with Crippen molar-refractivity contribution in [3.63, 3.8) is 0 Å². The second kappa shape index (κ2) is 10.8. The van der Waals surface area contributed by atoms with E-state index in [4.69, 9.17) is 16.2 Å². The van der Waals surface area contributed by atoms with Gasteiger partial charge in [-0.2, -0.15) is 0 Å². The summed E-state index contributed by atoms with van der Waals surface area (Å²) in [5.41, 5.74) is 2.22. The highest BCUT2D eigenvalue weighted by Crippen LogP contribution is 2.33. The molecule has 1 aliphatic heterocycles. The van der Waals surface area contributed by atoms with Gasteiger partial charge in [0.2, 0.25) is 0 Å². The molecule has 196 valence electrons. The van der Waals surface area contributed by atoms with Crippen molar-refractivity contribution in [2.45, 2.75) is 13.0 Å². The number of thiophene rings is 1. The number of fused-ring (bicyclic) bond motifs is 2. The van der Waals surface area contributed by atoms with Gasteiger partial charge in [0.25, 0.3) is 11.5 Å². The lowest BCUT2D eigenvalue weighted by Crippen LogP contribution is -2.40. The van der Waals surface area contributed by atoms with E-state index >= 15 is 0 Å². The Hall–Kier alpha value is -4.71. The fourth-order valence-electron chi connectivity index (χ4n) is 4.85. The van der Waals surface area contributed by atoms with E-state index in [1.807, 2.05) is 97.2 Å². The molecule has 0 unspecified atom stereocenters. The highest BCUT2D eigenvalue weighted by atomic mass is 32.1. The van der Waals surface area contributed by atoms with E-state index in [0.717, 1.165) is 21.2 Å². The molecule has 40 heavy (non-hydrogen) atoms. The average molecular weight is 562 g/mol. The number of anilines is 1. The molecule has 1 N–H and O–H groups in total. The maximum atomic E-state index is 14.1. The lowest BCUT2D eigenvalue weighted by Gasteiger charge is -2.24. The summed E-state index contributed by atoms with van der Waals surface area (Å²) in [5, 5.41) is 6.87. The zero-order chi connectivity index (χ0) is 27.6. The zero-order valence-corrected chi connectivity index (χ0v) is 23.1. The molecule has 5 aromatic rings. The number of para-hydroxylation sites is 1. The minimum Gasteiger partial charge on any atom is -0.480 e. The molecule has 0 radical (unpaired) electrons. The van der Waals surface area contributed by atoms with Gasteiger partial charge in [0.1, 0.15) is 18.4 Å². The van der Waals surface area contributed by atoms with Gasteiger partial charge in [0, 0.05) is 16.1 Å². The van der Waals surface area contributed by atoms with E-state index in [2.05, 4.69) is 11.2 Å². The Balaban J connectivity index is 1.53. The molecular weight excluding hydrogens is 539 g/mol. The lowest BCUT2D eigenvalue weighted by atomic mass is 10.0. The van der Waals surface area contributed by atoms with Crippen LogP contribution in [-0.2, 0) is 4.79 Å². The van der Waals surface area contributed by atoms with Crippen LogP contribution in [0.4, 0.5) is 5.69 Å². The number of rotatable bonds is 6. The number of nitrogens with one attached hydrogen (secondary N) is 1. The first-order valence-electron chi connectivity index (χ1n) is 12.6. The van der Waals surface area contributed by atoms with Crippen molar-refractivity contribution in [2.75, 3.05) is 11.9 Å². The standard InChI is InChI=1S/C32H23N3O3S2/c1-3-17-38-25-16-15-21-10-7-8-13-23(21)24(25)19-27-31(37)35-29(26-14-9-18-39-26)28(20(2)33-32(35)40-27)30(36)34-22-11-5-4-6-12-22/h1,4-16,18-19,29H,17H2,2H3,(H,34,36)/b27-19-/t29-/m0/s1. The van der Waals surface area contributed by atoms with Crippen LogP contribution in [0.15, 0.2) is 105 Å². The molecule has 8 heteroatoms. The molecule has 6 rings (SSSR count). The average Bonchev–Trinajstić information content (AvgIpc) is 3.61. The molecule has 0 spiro atoms. The summed E-state index contributed by atoms with van der Waals surface area (Å²) in [6.45, 7) is 1.92. The van der Waals surface area contributed by atoms with Crippen molar-refractivity contribution in [1.29, 1.82) is 0 Å². The maximum Gasteiger partial charge on any atom is 0.271 e. The number of amides is 1. The van der Waals surface area contributed by atoms with Gasteiger partial charge in [-0.15, -0.1) is 17.8 Å². The summed E-state index contributed by atoms with van der Waals surface area (Å²) in [7, 11) is 0. The van der Waals surface area contributed by atoms with Crippen LogP contribution in [0, 0.1) is 12.3 Å². The van der Waals surface area contributed by atoms with E-state index in [9.17, 15) is 9.59 Å². The number of ether oxygens (including phenoxy) is 1. The summed E-state index contributed by atoms with van der Waals surface area (Å²) in [5.74, 6) is 2.81. The molecule has 3 aromatic carbocycles. The number of hydrogen-bond donors (Lipinski definition) is 1. The maximum absolute atomic E-state index is 14.1. The van der Waals surface area contributed by atoms with Crippen LogP contribution in [0.1, 0.15) is 23.4 Å². The number of nitrogens with zero attached hydrogens (tertiary/aromatic N) is 2. The Kier molecular flexibility index (Phi) is 6.91. The van der Waals surface area contributed by atoms with Crippen LogP contribution in [0.2, 0.25) is 0 Å². The Morgan fingerprint density at radius 1 is 1.10 bits per heavy atom. The summed E-state index contributed by atoms with van der Waals surface area (Å²) in [6.07, 6.45) is 7.30. The molecule has 0 bridgehead atoms. The SMILES string of the molecule is C#CCOc1ccc2ccccc2c1/C=c1\sc2n(c1=O)[C@@H](c1cccs1)C(C(=O)Nc1ccccc1)=C(C)N=2. The number of hydrogen-bond acceptors (Lipinski definition) is 6. The van der Waals surface area contributed by atoms with Crippen LogP contribution in [0.25, 0.3) is 16.8 Å². The van der Waals surface area contributed by atoms with Crippen LogP contribution in [0.5, 0.6) is 5.75 Å². The van der Waals surface area contributed by atoms with Crippen molar-refractivity contribution in [3.8, 4) is 18.1 Å². The van der Waals surface area contributed by atoms with Crippen molar-refractivity contribution in [2.24, 2.45) is 4.99 Å². The van der Waals surface area contributed by atoms with Crippen LogP contribution in [0.3, 0.4) is 0 Å². The van der Waals surface area contributed by atoms with Crippen LogP contribution in [-0.4, -0.2) is 17.1 Å². The van der Waals surface area contributed by atoms with Gasteiger partial charge in [-0.1, -0.05) is 71.9 Å². The Morgan fingerprint density at radius 2 is 1.90 bits per heavy atom. The van der Waals surface area contributed by atoms with Gasteiger partial charge in [0.05, 0.1) is 15.8 Å². The van der Waals surface area contributed by atoms with Gasteiger partial charge in [0.15, 0.2) is 4.80 Å². The number of benzene rings is 3. The number of terminal acetylenes is 1. The topological polar surface area (TPSA) is 72.7 Å². The van der Waals surface area contributed by atoms with Crippen LogP contribution < -0.4 is 24.9 Å². The fraction of sp³-hybridized carbons (Fsp3) is 0.0938. The molecule has 3 heterocycles. The smallest absolute Gasteiger partial charge is 0.271 e. The summed E-state index contributed by atoms with van der Waals surface area (Å²) in [6, 6.07) is 24.3. The highest BCUT2D eigenvalue weighted by molar-refractivity contribution is 7.10. The van der Waals surface area contributed by atoms with E-state index < -0.39 is 6.04 Å². The third-order valence-electron chi connectivity index (χ3n) is 6.63. The fourth-order valence-corrected chi connectivity index (χ4v) is 6.70. The molecule has 1 aliphatic rings. The number of aromatic nitrogens is 1. The van der Waals surface area contributed by atoms with Crippen molar-refractivity contribution in [1.82, 2.24) is 4.57 Å². The monoisotopic (exact) mass is 561 g/mol. The van der Waals surface area contributed by atoms with Gasteiger partial charge in [-0.25, -0.2) is 4.99 Å². The Bertz CT molecular complexity index is 2000. The normalized spacial score (nSPS) is 14.9.